The highest BCUT2D eigenvalue weighted by atomic mass is 32.2. The van der Waals surface area contributed by atoms with Crippen molar-refractivity contribution in [2.24, 2.45) is 5.92 Å². The van der Waals surface area contributed by atoms with Crippen LogP contribution >= 0.6 is 0 Å². The zero-order valence-corrected chi connectivity index (χ0v) is 18.9. The summed E-state index contributed by atoms with van der Waals surface area (Å²) in [5.41, 5.74) is -6.74. The van der Waals surface area contributed by atoms with Crippen LogP contribution in [0.3, 0.4) is 0 Å². The van der Waals surface area contributed by atoms with Crippen LogP contribution in [0.4, 0.5) is 13.2 Å². The number of rotatable bonds is 6. The third-order valence-electron chi connectivity index (χ3n) is 4.31. The van der Waals surface area contributed by atoms with Crippen LogP contribution in [0.25, 0.3) is 0 Å². The molecule has 0 fully saturated rings. The Kier molecular flexibility index (Phi) is 7.46. The summed E-state index contributed by atoms with van der Waals surface area (Å²) in [6.45, 7) is 4.60. The first-order valence-electron chi connectivity index (χ1n) is 9.47. The van der Waals surface area contributed by atoms with Gasteiger partial charge in [0.25, 0.3) is 5.91 Å². The van der Waals surface area contributed by atoms with E-state index < -0.39 is 63.2 Å². The molecule has 0 aromatic heterocycles. The lowest BCUT2D eigenvalue weighted by atomic mass is 9.96. The number of alkyl halides is 3. The van der Waals surface area contributed by atoms with Crippen LogP contribution in [0.15, 0.2) is 42.3 Å². The maximum absolute atomic E-state index is 13.0. The Balaban J connectivity index is 2.54. The predicted octanol–water partition coefficient (Wildman–Crippen LogP) is 2.74. The molecule has 0 bridgehead atoms. The van der Waals surface area contributed by atoms with Gasteiger partial charge < -0.3 is 13.7 Å². The number of nitrogens with zero attached hydrogens (tertiary/aromatic N) is 1. The molecule has 1 aromatic rings. The van der Waals surface area contributed by atoms with E-state index in [1.54, 1.807) is 6.07 Å². The molecule has 9 nitrogen and oxygen atoms in total. The van der Waals surface area contributed by atoms with Crippen molar-refractivity contribution in [3.8, 4) is 0 Å². The molecule has 1 aliphatic heterocycles. The van der Waals surface area contributed by atoms with Gasteiger partial charge in [-0.25, -0.2) is 4.79 Å². The van der Waals surface area contributed by atoms with E-state index in [9.17, 15) is 36.0 Å². The summed E-state index contributed by atoms with van der Waals surface area (Å²) in [4.78, 5) is 38.6. The number of ether oxygens (including phenoxy) is 2. The Labute approximate surface area is 188 Å². The number of methoxy groups -OCH3 is 1. The van der Waals surface area contributed by atoms with Crippen LogP contribution in [-0.2, 0) is 33.4 Å². The molecule has 0 unspecified atom stereocenters. The fourth-order valence-electron chi connectivity index (χ4n) is 3.01. The number of hydrogen-bond donors (Lipinski definition) is 0. The van der Waals surface area contributed by atoms with Gasteiger partial charge in [-0.1, -0.05) is 18.2 Å². The van der Waals surface area contributed by atoms with Crippen LogP contribution in [0.1, 0.15) is 37.6 Å². The SMILES string of the molecule is COC(=O)[C@@H]1[C@@H](CC(=O)OC(C)(C)C)C(OS(=O)(=O)C(F)(F)F)=CN1C(=O)c1ccccc1. The normalized spacial score (nSPS) is 19.0. The van der Waals surface area contributed by atoms with Gasteiger partial charge in [0, 0.05) is 11.8 Å². The van der Waals surface area contributed by atoms with Crippen LogP contribution in [0.2, 0.25) is 0 Å². The highest BCUT2D eigenvalue weighted by Gasteiger charge is 2.53. The molecule has 1 heterocycles. The number of halogens is 3. The highest BCUT2D eigenvalue weighted by molar-refractivity contribution is 7.87. The van der Waals surface area contributed by atoms with Crippen molar-refractivity contribution in [2.75, 3.05) is 7.11 Å². The fourth-order valence-corrected chi connectivity index (χ4v) is 3.52. The van der Waals surface area contributed by atoms with E-state index in [1.807, 2.05) is 0 Å². The van der Waals surface area contributed by atoms with E-state index in [1.165, 1.54) is 45.0 Å². The summed E-state index contributed by atoms with van der Waals surface area (Å²) in [6, 6.07) is 5.67. The average molecular weight is 493 g/mol. The highest BCUT2D eigenvalue weighted by Crippen LogP contribution is 2.38. The van der Waals surface area contributed by atoms with Crippen molar-refractivity contribution in [1.29, 1.82) is 0 Å². The smallest absolute Gasteiger partial charge is 0.467 e. The maximum Gasteiger partial charge on any atom is 0.534 e. The molecule has 0 aliphatic carbocycles. The second kappa shape index (κ2) is 9.41. The van der Waals surface area contributed by atoms with Gasteiger partial charge in [-0.3, -0.25) is 14.5 Å². The topological polar surface area (TPSA) is 116 Å². The molecule has 33 heavy (non-hydrogen) atoms. The minimum Gasteiger partial charge on any atom is -0.467 e. The van der Waals surface area contributed by atoms with Crippen molar-refractivity contribution in [1.82, 2.24) is 4.90 Å². The Morgan fingerprint density at radius 1 is 1.06 bits per heavy atom. The van der Waals surface area contributed by atoms with Gasteiger partial charge in [-0.05, 0) is 32.9 Å². The zero-order valence-electron chi connectivity index (χ0n) is 18.1. The van der Waals surface area contributed by atoms with E-state index in [0.717, 1.165) is 7.11 Å². The number of carbonyl (C=O) groups excluding carboxylic acids is 3. The van der Waals surface area contributed by atoms with Crippen LogP contribution < -0.4 is 0 Å². The standard InChI is InChI=1S/C20H22F3NO8S/c1-19(2,3)31-15(25)10-13-14(32-33(28,29)20(21,22)23)11-24(16(13)18(27)30-4)17(26)12-8-6-5-7-9-12/h5-9,11,13,16H,10H2,1-4H3/t13-,16-/m0/s1. The third kappa shape index (κ3) is 6.24. The quantitative estimate of drug-likeness (QED) is 0.338. The first-order chi connectivity index (χ1) is 15.1. The molecule has 1 amide bonds. The van der Waals surface area contributed by atoms with E-state index >= 15 is 0 Å². The Morgan fingerprint density at radius 2 is 1.64 bits per heavy atom. The van der Waals surface area contributed by atoms with Gasteiger partial charge in [-0.2, -0.15) is 21.6 Å². The number of hydrogen-bond acceptors (Lipinski definition) is 8. The largest absolute Gasteiger partial charge is 0.534 e. The van der Waals surface area contributed by atoms with E-state index in [0.29, 0.717) is 11.1 Å². The molecule has 2 atom stereocenters. The number of amides is 1. The monoisotopic (exact) mass is 493 g/mol. The first kappa shape index (κ1) is 26.2. The predicted molar refractivity (Wildman–Crippen MR) is 107 cm³/mol. The van der Waals surface area contributed by atoms with Crippen LogP contribution in [0.5, 0.6) is 0 Å². The summed E-state index contributed by atoms with van der Waals surface area (Å²) in [5, 5.41) is 0. The number of benzene rings is 1. The molecule has 0 saturated carbocycles. The molecule has 0 N–H and O–H groups in total. The fraction of sp³-hybridized carbons (Fsp3) is 0.450. The Hall–Kier alpha value is -3.09. The molecule has 0 spiro atoms. The molecule has 0 radical (unpaired) electrons. The maximum atomic E-state index is 13.0. The number of carbonyl (C=O) groups is 3. The van der Waals surface area contributed by atoms with Crippen molar-refractivity contribution >= 4 is 28.0 Å². The second-order valence-electron chi connectivity index (χ2n) is 7.96. The molecular weight excluding hydrogens is 471 g/mol. The Morgan fingerprint density at radius 3 is 2.12 bits per heavy atom. The van der Waals surface area contributed by atoms with Crippen LogP contribution in [0, 0.1) is 5.92 Å². The minimum absolute atomic E-state index is 0.0404. The lowest BCUT2D eigenvalue weighted by Gasteiger charge is -2.27. The molecule has 1 aromatic carbocycles. The van der Waals surface area contributed by atoms with E-state index in [-0.39, 0.29) is 5.56 Å². The summed E-state index contributed by atoms with van der Waals surface area (Å²) in [5.74, 6) is -5.49. The Bertz CT molecular complexity index is 1050. The number of esters is 2. The molecule has 13 heteroatoms. The lowest BCUT2D eigenvalue weighted by Crippen LogP contribution is -2.44. The van der Waals surface area contributed by atoms with Crippen molar-refractivity contribution in [3.05, 3.63) is 47.9 Å². The van der Waals surface area contributed by atoms with E-state index in [4.69, 9.17) is 4.74 Å². The summed E-state index contributed by atoms with van der Waals surface area (Å²) < 4.78 is 76.1. The van der Waals surface area contributed by atoms with Gasteiger partial charge in [0.15, 0.2) is 0 Å². The molecular formula is C20H22F3NO8S. The van der Waals surface area contributed by atoms with Gasteiger partial charge in [-0.15, -0.1) is 0 Å². The summed E-state index contributed by atoms with van der Waals surface area (Å²) in [7, 11) is -5.20. The van der Waals surface area contributed by atoms with Crippen molar-refractivity contribution < 1.29 is 49.6 Å². The average Bonchev–Trinajstić information content (AvgIpc) is 3.02. The third-order valence-corrected chi connectivity index (χ3v) is 5.29. The molecule has 2 rings (SSSR count). The second-order valence-corrected chi connectivity index (χ2v) is 9.50. The molecule has 182 valence electrons. The summed E-state index contributed by atoms with van der Waals surface area (Å²) >= 11 is 0. The van der Waals surface area contributed by atoms with Gasteiger partial charge in [0.2, 0.25) is 0 Å². The van der Waals surface area contributed by atoms with Crippen LogP contribution in [-0.4, -0.2) is 55.4 Å². The van der Waals surface area contributed by atoms with Crippen molar-refractivity contribution in [2.45, 2.75) is 44.3 Å². The molecule has 0 saturated heterocycles. The van der Waals surface area contributed by atoms with Crippen molar-refractivity contribution in [3.63, 3.8) is 0 Å². The lowest BCUT2D eigenvalue weighted by molar-refractivity contribution is -0.157. The van der Waals surface area contributed by atoms with Gasteiger partial charge in [0.05, 0.1) is 19.4 Å². The van der Waals surface area contributed by atoms with Gasteiger partial charge in [0.1, 0.15) is 17.4 Å². The summed E-state index contributed by atoms with van der Waals surface area (Å²) in [6.07, 6.45) is -0.121. The minimum atomic E-state index is -6.17. The van der Waals surface area contributed by atoms with Gasteiger partial charge >= 0.3 is 27.6 Å². The molecule has 1 aliphatic rings. The zero-order chi connectivity index (χ0) is 25.2. The first-order valence-corrected chi connectivity index (χ1v) is 10.9. The van der Waals surface area contributed by atoms with E-state index in [2.05, 4.69) is 8.92 Å².